The largest absolute Gasteiger partial charge is 0.462 e. The van der Waals surface area contributed by atoms with Crippen molar-refractivity contribution in [3.8, 4) is 0 Å². The molecule has 1 N–H and O–H groups in total. The molecule has 0 fully saturated rings. The van der Waals surface area contributed by atoms with Crippen molar-refractivity contribution in [3.63, 3.8) is 0 Å². The summed E-state index contributed by atoms with van der Waals surface area (Å²) in [6.45, 7) is 6.02. The average Bonchev–Trinajstić information content (AvgIpc) is 2.49. The second-order valence-electron chi connectivity index (χ2n) is 4.61. The molecule has 2 heterocycles. The van der Waals surface area contributed by atoms with Gasteiger partial charge in [-0.3, -0.25) is 4.98 Å². The van der Waals surface area contributed by atoms with Crippen molar-refractivity contribution >= 4 is 11.9 Å². The molecule has 110 valence electrons. The van der Waals surface area contributed by atoms with Crippen molar-refractivity contribution in [1.29, 1.82) is 0 Å². The molecule has 0 bridgehead atoms. The lowest BCUT2D eigenvalue weighted by molar-refractivity contribution is 0.0525. The van der Waals surface area contributed by atoms with Crippen LogP contribution in [0.2, 0.25) is 0 Å². The van der Waals surface area contributed by atoms with Gasteiger partial charge >= 0.3 is 5.97 Å². The summed E-state index contributed by atoms with van der Waals surface area (Å²) in [6, 6.07) is 3.98. The number of pyridine rings is 1. The zero-order valence-corrected chi connectivity index (χ0v) is 12.3. The minimum atomic E-state index is -0.417. The van der Waals surface area contributed by atoms with Crippen molar-refractivity contribution in [2.45, 2.75) is 26.8 Å². The summed E-state index contributed by atoms with van der Waals surface area (Å²) < 4.78 is 4.88. The molecule has 0 aromatic carbocycles. The van der Waals surface area contributed by atoms with E-state index in [1.54, 1.807) is 6.92 Å². The number of hydrogen-bond donors (Lipinski definition) is 1. The Bertz CT molecular complexity index is 596. The van der Waals surface area contributed by atoms with Crippen LogP contribution in [-0.2, 0) is 4.74 Å². The molecule has 0 amide bonds. The van der Waals surface area contributed by atoms with Gasteiger partial charge in [-0.1, -0.05) is 6.07 Å². The Labute approximate surface area is 123 Å². The highest BCUT2D eigenvalue weighted by atomic mass is 16.5. The predicted octanol–water partition coefficient (Wildman–Crippen LogP) is 2.53. The molecule has 21 heavy (non-hydrogen) atoms. The van der Waals surface area contributed by atoms with Gasteiger partial charge in [-0.05, 0) is 32.4 Å². The second kappa shape index (κ2) is 6.78. The summed E-state index contributed by atoms with van der Waals surface area (Å²) in [5.74, 6) is 0.0379. The van der Waals surface area contributed by atoms with Gasteiger partial charge in [0, 0.05) is 24.3 Å². The number of nitrogens with zero attached hydrogens (tertiary/aromatic N) is 3. The number of hydrogen-bond acceptors (Lipinski definition) is 6. The molecule has 6 heteroatoms. The Morgan fingerprint density at radius 3 is 2.52 bits per heavy atom. The third kappa shape index (κ3) is 3.98. The number of rotatable bonds is 5. The third-order valence-electron chi connectivity index (χ3n) is 2.94. The Hall–Kier alpha value is -2.50. The highest BCUT2D eigenvalue weighted by molar-refractivity contribution is 5.88. The molecule has 2 aromatic rings. The zero-order valence-electron chi connectivity index (χ0n) is 12.3. The van der Waals surface area contributed by atoms with Crippen LogP contribution >= 0.6 is 0 Å². The predicted molar refractivity (Wildman–Crippen MR) is 79.0 cm³/mol. The maximum absolute atomic E-state index is 11.5. The number of carbonyl (C=O) groups excluding carboxylic acids is 1. The Kier molecular flexibility index (Phi) is 4.81. The minimum absolute atomic E-state index is 0.0199. The number of aromatic nitrogens is 3. The van der Waals surface area contributed by atoms with E-state index in [2.05, 4.69) is 20.3 Å². The van der Waals surface area contributed by atoms with E-state index in [-0.39, 0.29) is 6.04 Å². The molecule has 0 radical (unpaired) electrons. The van der Waals surface area contributed by atoms with E-state index in [4.69, 9.17) is 4.74 Å². The first-order valence-electron chi connectivity index (χ1n) is 6.78. The monoisotopic (exact) mass is 286 g/mol. The molecule has 0 spiro atoms. The first-order chi connectivity index (χ1) is 10.1. The van der Waals surface area contributed by atoms with Gasteiger partial charge in [0.1, 0.15) is 0 Å². The first kappa shape index (κ1) is 14.9. The zero-order chi connectivity index (χ0) is 15.2. The highest BCUT2D eigenvalue weighted by Crippen LogP contribution is 2.16. The Morgan fingerprint density at radius 1 is 1.24 bits per heavy atom. The van der Waals surface area contributed by atoms with Gasteiger partial charge in [0.05, 0.1) is 18.2 Å². The molecular formula is C15H18N4O2. The number of esters is 1. The minimum Gasteiger partial charge on any atom is -0.462 e. The molecular weight excluding hydrogens is 268 g/mol. The quantitative estimate of drug-likeness (QED) is 0.851. The molecule has 1 atom stereocenters. The van der Waals surface area contributed by atoms with Gasteiger partial charge in [0.2, 0.25) is 5.95 Å². The molecule has 0 aliphatic carbocycles. The molecule has 0 aliphatic rings. The van der Waals surface area contributed by atoms with Crippen LogP contribution in [0.4, 0.5) is 5.95 Å². The van der Waals surface area contributed by atoms with Gasteiger partial charge in [-0.15, -0.1) is 0 Å². The summed E-state index contributed by atoms with van der Waals surface area (Å²) in [7, 11) is 0. The Morgan fingerprint density at radius 2 is 1.95 bits per heavy atom. The second-order valence-corrected chi connectivity index (χ2v) is 4.61. The van der Waals surface area contributed by atoms with Crippen molar-refractivity contribution in [2.75, 3.05) is 11.9 Å². The molecule has 0 unspecified atom stereocenters. The third-order valence-corrected chi connectivity index (χ3v) is 2.94. The maximum atomic E-state index is 11.5. The van der Waals surface area contributed by atoms with Gasteiger partial charge in [-0.25, -0.2) is 14.8 Å². The topological polar surface area (TPSA) is 77.0 Å². The molecule has 2 rings (SSSR count). The fourth-order valence-electron chi connectivity index (χ4n) is 1.73. The number of anilines is 1. The van der Waals surface area contributed by atoms with Crippen LogP contribution in [0.25, 0.3) is 0 Å². The molecule has 0 aliphatic heterocycles. The summed E-state index contributed by atoms with van der Waals surface area (Å²) in [5.41, 5.74) is 2.35. The van der Waals surface area contributed by atoms with Crippen LogP contribution in [0.15, 0.2) is 30.7 Å². The van der Waals surface area contributed by atoms with Crippen molar-refractivity contribution in [1.82, 2.24) is 15.0 Å². The standard InChI is InChI=1S/C15H18N4O2/c1-4-21-14(20)13-8-17-15(18-9-13)19-11(3)12-6-5-10(2)16-7-12/h5-9,11H,4H2,1-3H3,(H,17,18,19)/t11-/m1/s1. The van der Waals surface area contributed by atoms with Crippen LogP contribution in [0.1, 0.15) is 41.5 Å². The van der Waals surface area contributed by atoms with E-state index < -0.39 is 5.97 Å². The number of aryl methyl sites for hydroxylation is 1. The van der Waals surface area contributed by atoms with E-state index in [0.717, 1.165) is 11.3 Å². The smallest absolute Gasteiger partial charge is 0.341 e. The van der Waals surface area contributed by atoms with Gasteiger partial charge in [-0.2, -0.15) is 0 Å². The van der Waals surface area contributed by atoms with Gasteiger partial charge in [0.15, 0.2) is 0 Å². The lowest BCUT2D eigenvalue weighted by Crippen LogP contribution is -2.11. The van der Waals surface area contributed by atoms with Crippen molar-refractivity contribution in [2.24, 2.45) is 0 Å². The van der Waals surface area contributed by atoms with E-state index in [1.165, 1.54) is 12.4 Å². The van der Waals surface area contributed by atoms with Crippen LogP contribution in [-0.4, -0.2) is 27.5 Å². The van der Waals surface area contributed by atoms with Crippen LogP contribution in [0.3, 0.4) is 0 Å². The first-order valence-corrected chi connectivity index (χ1v) is 6.78. The fourth-order valence-corrected chi connectivity index (χ4v) is 1.73. The number of nitrogens with one attached hydrogen (secondary N) is 1. The van der Waals surface area contributed by atoms with E-state index in [1.807, 2.05) is 32.2 Å². The van der Waals surface area contributed by atoms with Crippen LogP contribution < -0.4 is 5.32 Å². The normalized spacial score (nSPS) is 11.8. The van der Waals surface area contributed by atoms with Crippen LogP contribution in [0.5, 0.6) is 0 Å². The summed E-state index contributed by atoms with van der Waals surface area (Å²) in [4.78, 5) is 24.0. The molecule has 0 saturated heterocycles. The summed E-state index contributed by atoms with van der Waals surface area (Å²) in [5, 5.41) is 3.16. The summed E-state index contributed by atoms with van der Waals surface area (Å²) in [6.07, 6.45) is 4.72. The Balaban J connectivity index is 2.02. The van der Waals surface area contributed by atoms with E-state index >= 15 is 0 Å². The van der Waals surface area contributed by atoms with Gasteiger partial charge < -0.3 is 10.1 Å². The fraction of sp³-hybridized carbons (Fsp3) is 0.333. The van der Waals surface area contributed by atoms with Crippen molar-refractivity contribution < 1.29 is 9.53 Å². The number of carbonyl (C=O) groups is 1. The van der Waals surface area contributed by atoms with E-state index in [0.29, 0.717) is 18.1 Å². The lowest BCUT2D eigenvalue weighted by Gasteiger charge is -2.14. The average molecular weight is 286 g/mol. The SMILES string of the molecule is CCOC(=O)c1cnc(N[C@H](C)c2ccc(C)nc2)nc1. The maximum Gasteiger partial charge on any atom is 0.341 e. The lowest BCUT2D eigenvalue weighted by atomic mass is 10.1. The molecule has 0 saturated carbocycles. The van der Waals surface area contributed by atoms with Crippen molar-refractivity contribution in [3.05, 3.63) is 47.5 Å². The van der Waals surface area contributed by atoms with Gasteiger partial charge in [0.25, 0.3) is 0 Å². The van der Waals surface area contributed by atoms with Crippen LogP contribution in [0, 0.1) is 6.92 Å². The molecule has 2 aromatic heterocycles. The molecule has 6 nitrogen and oxygen atoms in total. The summed E-state index contributed by atoms with van der Waals surface area (Å²) >= 11 is 0. The van der Waals surface area contributed by atoms with E-state index in [9.17, 15) is 4.79 Å². The number of ether oxygens (including phenoxy) is 1. The highest BCUT2D eigenvalue weighted by Gasteiger charge is 2.10.